The number of Topliss-reactive ketones (excluding diaryl/α,β-unsaturated/α-hetero) is 1. The highest BCUT2D eigenvalue weighted by Crippen LogP contribution is 2.23. The van der Waals surface area contributed by atoms with Crippen molar-refractivity contribution < 1.29 is 33.5 Å². The van der Waals surface area contributed by atoms with E-state index in [1.807, 2.05) is 37.3 Å². The van der Waals surface area contributed by atoms with Crippen molar-refractivity contribution in [2.24, 2.45) is 11.8 Å². The number of hydrogen-bond donors (Lipinski definition) is 4. The lowest BCUT2D eigenvalue weighted by atomic mass is 10.0. The first-order valence-electron chi connectivity index (χ1n) is 19.4. The number of carbonyl (C=O) groups excluding carboxylic acids is 6. The Morgan fingerprint density at radius 3 is 2.07 bits per heavy atom. The van der Waals surface area contributed by atoms with Gasteiger partial charge in [0.05, 0.1) is 19.1 Å². The normalized spacial score (nSPS) is 15.6. The highest BCUT2D eigenvalue weighted by molar-refractivity contribution is 6.37. The van der Waals surface area contributed by atoms with Gasteiger partial charge in [-0.1, -0.05) is 116 Å². The van der Waals surface area contributed by atoms with E-state index in [0.29, 0.717) is 18.7 Å². The highest BCUT2D eigenvalue weighted by Gasteiger charge is 2.38. The first-order valence-corrected chi connectivity index (χ1v) is 19.4. The highest BCUT2D eigenvalue weighted by atomic mass is 16.6. The summed E-state index contributed by atoms with van der Waals surface area (Å²) in [7, 11) is 3.59. The van der Waals surface area contributed by atoms with Crippen molar-refractivity contribution in [3.63, 3.8) is 0 Å². The van der Waals surface area contributed by atoms with Gasteiger partial charge in [-0.2, -0.15) is 0 Å². The van der Waals surface area contributed by atoms with Crippen LogP contribution in [0.1, 0.15) is 118 Å². The summed E-state index contributed by atoms with van der Waals surface area (Å²) < 4.78 is 5.12. The van der Waals surface area contributed by atoms with Crippen LogP contribution in [0.25, 0.3) is 0 Å². The molecule has 5 amide bonds. The maximum absolute atomic E-state index is 12.8. The van der Waals surface area contributed by atoms with E-state index in [2.05, 4.69) is 48.6 Å². The summed E-state index contributed by atoms with van der Waals surface area (Å²) in [6.45, 7) is 16.7. The molecule has 0 bridgehead atoms. The third kappa shape index (κ3) is 19.6. The summed E-state index contributed by atoms with van der Waals surface area (Å²) in [5, 5.41) is 9.85. The van der Waals surface area contributed by atoms with E-state index in [0.717, 1.165) is 11.5 Å². The Kier molecular flexibility index (Phi) is 21.9. The first-order chi connectivity index (χ1) is 25.4. The largest absolute Gasteiger partial charge is 0.444 e. The zero-order chi connectivity index (χ0) is 40.8. The third-order valence-electron chi connectivity index (χ3n) is 8.73. The van der Waals surface area contributed by atoms with Gasteiger partial charge < -0.3 is 35.8 Å². The van der Waals surface area contributed by atoms with Gasteiger partial charge in [-0.25, -0.2) is 4.79 Å². The zero-order valence-corrected chi connectivity index (χ0v) is 34.3. The Hall–Kier alpha value is -4.42. The van der Waals surface area contributed by atoms with Crippen LogP contribution in [0, 0.1) is 11.8 Å². The number of unbranched alkanes of at least 4 members (excludes halogenated alkanes) is 6. The number of likely N-dealkylation sites (tertiary alicyclic amines) is 1. The van der Waals surface area contributed by atoms with E-state index in [9.17, 15) is 28.8 Å². The molecule has 0 aromatic heterocycles. The van der Waals surface area contributed by atoms with Gasteiger partial charge in [-0.15, -0.1) is 0 Å². The third-order valence-corrected chi connectivity index (χ3v) is 8.73. The number of ketones is 1. The van der Waals surface area contributed by atoms with Crippen molar-refractivity contribution >= 4 is 35.5 Å². The van der Waals surface area contributed by atoms with Crippen LogP contribution < -0.4 is 21.3 Å². The second-order valence-electron chi connectivity index (χ2n) is 15.7. The maximum Gasteiger partial charge on any atom is 0.408 e. The first kappa shape index (κ1) is 47.6. The minimum Gasteiger partial charge on any atom is -0.444 e. The quantitative estimate of drug-likeness (QED) is 0.103. The average Bonchev–Trinajstić information content (AvgIpc) is 3.51. The van der Waals surface area contributed by atoms with Gasteiger partial charge in [-0.3, -0.25) is 24.0 Å². The van der Waals surface area contributed by atoms with Crippen molar-refractivity contribution in [1.82, 2.24) is 31.1 Å². The molecule has 4 N–H and O–H groups in total. The molecule has 0 aliphatic carbocycles. The van der Waals surface area contributed by atoms with Crippen molar-refractivity contribution in [3.8, 4) is 0 Å². The van der Waals surface area contributed by atoms with Crippen LogP contribution in [0.2, 0.25) is 0 Å². The fourth-order valence-corrected chi connectivity index (χ4v) is 5.74. The number of ether oxygens (including phenoxy) is 1. The minimum atomic E-state index is -1.04. The van der Waals surface area contributed by atoms with Crippen LogP contribution >= 0.6 is 0 Å². The van der Waals surface area contributed by atoms with Crippen molar-refractivity contribution in [3.05, 3.63) is 48.2 Å². The Morgan fingerprint density at radius 2 is 1.50 bits per heavy atom. The molecule has 3 atom stereocenters. The van der Waals surface area contributed by atoms with Crippen LogP contribution in [0.4, 0.5) is 4.79 Å². The number of rotatable bonds is 20. The van der Waals surface area contributed by atoms with Crippen LogP contribution in [-0.4, -0.2) is 97.2 Å². The van der Waals surface area contributed by atoms with Gasteiger partial charge in [0.25, 0.3) is 5.91 Å². The van der Waals surface area contributed by atoms with E-state index in [1.54, 1.807) is 39.8 Å². The molecule has 13 heteroatoms. The molecule has 1 fully saturated rings. The van der Waals surface area contributed by atoms with E-state index in [1.165, 1.54) is 56.3 Å². The van der Waals surface area contributed by atoms with Crippen LogP contribution in [-0.2, 0) is 28.7 Å². The van der Waals surface area contributed by atoms with Crippen LogP contribution in [0.15, 0.2) is 42.6 Å². The van der Waals surface area contributed by atoms with E-state index in [-0.39, 0.29) is 12.5 Å². The SMILES string of the molecule is C=C(C(NC(=O)CNC(=O)C(=O)CNC(=O)C1C[C@@H](C)CN1C(=O)CNC(=O)OC(C)(C)C)c1ccccc1)N(C)C.CCCCCCCCCC(C)C. The predicted octanol–water partition coefficient (Wildman–Crippen LogP) is 5.27. The molecule has 2 rings (SSSR count). The summed E-state index contributed by atoms with van der Waals surface area (Å²) in [5.74, 6) is -2.70. The Bertz CT molecular complexity index is 1360. The number of benzene rings is 1. The van der Waals surface area contributed by atoms with Gasteiger partial charge in [0, 0.05) is 26.3 Å². The van der Waals surface area contributed by atoms with E-state index >= 15 is 0 Å². The summed E-state index contributed by atoms with van der Waals surface area (Å²) >= 11 is 0. The molecule has 0 saturated carbocycles. The summed E-state index contributed by atoms with van der Waals surface area (Å²) in [6.07, 6.45) is 11.1. The van der Waals surface area contributed by atoms with Crippen molar-refractivity contribution in [2.75, 3.05) is 40.3 Å². The number of likely N-dealkylation sites (N-methyl/N-ethyl adjacent to an activating group) is 1. The Balaban J connectivity index is 0.00000104. The topological polar surface area (TPSA) is 166 Å². The average molecular weight is 757 g/mol. The molecule has 304 valence electrons. The fourth-order valence-electron chi connectivity index (χ4n) is 5.74. The monoisotopic (exact) mass is 757 g/mol. The van der Waals surface area contributed by atoms with Gasteiger partial charge in [-0.05, 0) is 44.6 Å². The lowest BCUT2D eigenvalue weighted by Crippen LogP contribution is -2.51. The zero-order valence-electron chi connectivity index (χ0n) is 34.3. The van der Waals surface area contributed by atoms with E-state index < -0.39 is 66.3 Å². The smallest absolute Gasteiger partial charge is 0.408 e. The number of hydrogen-bond acceptors (Lipinski definition) is 8. The molecular weight excluding hydrogens is 688 g/mol. The second-order valence-corrected chi connectivity index (χ2v) is 15.7. The number of nitrogens with one attached hydrogen (secondary N) is 4. The molecule has 54 heavy (non-hydrogen) atoms. The number of nitrogens with zero attached hydrogens (tertiary/aromatic N) is 2. The number of alkyl carbamates (subject to hydrolysis) is 1. The molecule has 1 saturated heterocycles. The van der Waals surface area contributed by atoms with Crippen LogP contribution in [0.5, 0.6) is 0 Å². The number of amides is 5. The van der Waals surface area contributed by atoms with Gasteiger partial charge in [0.1, 0.15) is 18.2 Å². The number of carbonyl (C=O) groups is 6. The van der Waals surface area contributed by atoms with Crippen molar-refractivity contribution in [1.29, 1.82) is 0 Å². The summed E-state index contributed by atoms with van der Waals surface area (Å²) in [4.78, 5) is 77.8. The Morgan fingerprint density at radius 1 is 0.889 bits per heavy atom. The van der Waals surface area contributed by atoms with Gasteiger partial charge in [0.15, 0.2) is 0 Å². The summed E-state index contributed by atoms with van der Waals surface area (Å²) in [6, 6.07) is 7.76. The molecule has 1 aromatic carbocycles. The molecule has 2 unspecified atom stereocenters. The fraction of sp³-hybridized carbons (Fsp3) is 0.659. The van der Waals surface area contributed by atoms with Gasteiger partial charge in [0.2, 0.25) is 23.5 Å². The van der Waals surface area contributed by atoms with Crippen molar-refractivity contribution in [2.45, 2.75) is 124 Å². The predicted molar refractivity (Wildman–Crippen MR) is 212 cm³/mol. The van der Waals surface area contributed by atoms with Gasteiger partial charge >= 0.3 is 6.09 Å². The molecule has 1 aliphatic heterocycles. The molecule has 0 spiro atoms. The molecular formula is C41H68N6O7. The molecule has 0 radical (unpaired) electrons. The molecule has 13 nitrogen and oxygen atoms in total. The standard InChI is InChI=1S/C29H42N6O7.C12H26/c1-18-13-21(35(17-18)24(38)16-32-28(41)42-29(3,4)5)26(39)30-14-22(36)27(40)31-15-23(37)33-25(19(2)34(6)7)20-11-9-8-10-12-20;1-4-5-6-7-8-9-10-11-12(2)3/h8-12,18,21,25H,2,13-17H2,1,3-7H3,(H,30,39)(H,31,40)(H,32,41)(H,33,37);12H,4-11H2,1-3H3/t18-,21?,25?;/m1./s1. The summed E-state index contributed by atoms with van der Waals surface area (Å²) in [5.41, 5.74) is 0.685. The lowest BCUT2D eigenvalue weighted by Gasteiger charge is -2.26. The molecule has 1 aromatic rings. The maximum atomic E-state index is 12.8. The molecule has 1 heterocycles. The second kappa shape index (κ2) is 24.8. The minimum absolute atomic E-state index is 0.00651. The van der Waals surface area contributed by atoms with Crippen LogP contribution in [0.3, 0.4) is 0 Å². The lowest BCUT2D eigenvalue weighted by molar-refractivity contribution is -0.140. The van der Waals surface area contributed by atoms with E-state index in [4.69, 9.17) is 4.74 Å². The Labute approximate surface area is 323 Å². The molecule has 1 aliphatic rings.